The number of hydrogen-bond acceptors (Lipinski definition) is 4. The minimum atomic E-state index is -0.295. The smallest absolute Gasteiger partial charge is 0.271 e. The van der Waals surface area contributed by atoms with Crippen molar-refractivity contribution in [1.82, 2.24) is 5.43 Å². The number of methoxy groups -OCH3 is 1. The maximum Gasteiger partial charge on any atom is 0.271 e. The van der Waals surface area contributed by atoms with Gasteiger partial charge in [-0.3, -0.25) is 4.79 Å². The van der Waals surface area contributed by atoms with Crippen LogP contribution in [0.3, 0.4) is 0 Å². The Kier molecular flexibility index (Phi) is 6.17. The molecule has 1 N–H and O–H groups in total. The van der Waals surface area contributed by atoms with Crippen LogP contribution in [0.5, 0.6) is 11.5 Å². The molecule has 120 valence electrons. The molecule has 0 spiro atoms. The van der Waals surface area contributed by atoms with Crippen LogP contribution in [0.4, 0.5) is 0 Å². The summed E-state index contributed by atoms with van der Waals surface area (Å²) in [6.07, 6.45) is 1.55. The third-order valence-electron chi connectivity index (χ3n) is 2.99. The quantitative estimate of drug-likeness (QED) is 0.618. The molecule has 1 amide bonds. The van der Waals surface area contributed by atoms with Gasteiger partial charge in [-0.25, -0.2) is 5.43 Å². The Hall–Kier alpha value is -2.34. The van der Waals surface area contributed by atoms with Crippen LogP contribution in [0, 0.1) is 0 Å². The minimum Gasteiger partial charge on any atom is -0.497 e. The third kappa shape index (κ3) is 4.82. The first kappa shape index (κ1) is 17.0. The Labute approximate surface area is 143 Å². The molecule has 6 heteroatoms. The van der Waals surface area contributed by atoms with Crippen molar-refractivity contribution in [2.75, 3.05) is 13.7 Å². The van der Waals surface area contributed by atoms with Crippen LogP contribution in [0.15, 0.2) is 52.0 Å². The van der Waals surface area contributed by atoms with Gasteiger partial charge in [0.1, 0.15) is 11.5 Å². The Morgan fingerprint density at radius 2 is 2.00 bits per heavy atom. The van der Waals surface area contributed by atoms with E-state index >= 15 is 0 Å². The van der Waals surface area contributed by atoms with Crippen molar-refractivity contribution in [2.24, 2.45) is 5.10 Å². The van der Waals surface area contributed by atoms with Gasteiger partial charge in [-0.1, -0.05) is 15.9 Å². The zero-order valence-electron chi connectivity index (χ0n) is 12.9. The van der Waals surface area contributed by atoms with Crippen LogP contribution in [-0.2, 0) is 0 Å². The lowest BCUT2D eigenvalue weighted by Gasteiger charge is -2.07. The maximum atomic E-state index is 12.0. The van der Waals surface area contributed by atoms with Gasteiger partial charge in [0.05, 0.1) is 19.9 Å². The molecule has 2 aromatic carbocycles. The minimum absolute atomic E-state index is 0.295. The monoisotopic (exact) mass is 376 g/mol. The number of hydrazone groups is 1. The van der Waals surface area contributed by atoms with Gasteiger partial charge in [0.2, 0.25) is 0 Å². The number of benzene rings is 2. The molecule has 0 aliphatic rings. The Balaban J connectivity index is 2.05. The molecule has 0 aromatic heterocycles. The van der Waals surface area contributed by atoms with Crippen molar-refractivity contribution in [2.45, 2.75) is 6.92 Å². The number of carbonyl (C=O) groups is 1. The molecule has 2 aromatic rings. The fourth-order valence-electron chi connectivity index (χ4n) is 1.87. The zero-order chi connectivity index (χ0) is 16.7. The topological polar surface area (TPSA) is 59.9 Å². The molecule has 5 nitrogen and oxygen atoms in total. The summed E-state index contributed by atoms with van der Waals surface area (Å²) in [5.74, 6) is 1.11. The van der Waals surface area contributed by atoms with E-state index in [0.29, 0.717) is 23.7 Å². The normalized spacial score (nSPS) is 10.6. The molecule has 23 heavy (non-hydrogen) atoms. The van der Waals surface area contributed by atoms with Gasteiger partial charge >= 0.3 is 0 Å². The summed E-state index contributed by atoms with van der Waals surface area (Å²) in [5.41, 5.74) is 3.77. The Morgan fingerprint density at radius 1 is 1.26 bits per heavy atom. The summed E-state index contributed by atoms with van der Waals surface area (Å²) in [4.78, 5) is 12.0. The molecule has 0 atom stereocenters. The van der Waals surface area contributed by atoms with Crippen molar-refractivity contribution >= 4 is 28.1 Å². The van der Waals surface area contributed by atoms with Crippen LogP contribution >= 0.6 is 15.9 Å². The predicted molar refractivity (Wildman–Crippen MR) is 93.4 cm³/mol. The van der Waals surface area contributed by atoms with Crippen molar-refractivity contribution < 1.29 is 14.3 Å². The van der Waals surface area contributed by atoms with Gasteiger partial charge in [-0.05, 0) is 49.4 Å². The van der Waals surface area contributed by atoms with E-state index in [1.54, 1.807) is 37.6 Å². The molecular formula is C17H17BrN2O3. The van der Waals surface area contributed by atoms with E-state index in [2.05, 4.69) is 26.5 Å². The van der Waals surface area contributed by atoms with E-state index in [1.165, 1.54) is 0 Å². The molecule has 0 fully saturated rings. The van der Waals surface area contributed by atoms with Gasteiger partial charge in [0.15, 0.2) is 0 Å². The maximum absolute atomic E-state index is 12.0. The molecule has 0 unspecified atom stereocenters. The molecule has 0 aliphatic carbocycles. The van der Waals surface area contributed by atoms with E-state index in [1.807, 2.05) is 25.1 Å². The van der Waals surface area contributed by atoms with Crippen molar-refractivity contribution in [3.05, 3.63) is 58.1 Å². The fourth-order valence-corrected chi connectivity index (χ4v) is 2.25. The number of ether oxygens (including phenoxy) is 2. The molecule has 2 rings (SSSR count). The van der Waals surface area contributed by atoms with Crippen LogP contribution < -0.4 is 14.9 Å². The first-order valence-electron chi connectivity index (χ1n) is 7.04. The summed E-state index contributed by atoms with van der Waals surface area (Å²) in [5, 5.41) is 3.99. The van der Waals surface area contributed by atoms with E-state index < -0.39 is 0 Å². The molecule has 0 saturated heterocycles. The summed E-state index contributed by atoms with van der Waals surface area (Å²) in [6.45, 7) is 2.47. The fraction of sp³-hybridized carbons (Fsp3) is 0.176. The zero-order valence-corrected chi connectivity index (χ0v) is 14.5. The third-order valence-corrected chi connectivity index (χ3v) is 3.49. The number of nitrogens with zero attached hydrogens (tertiary/aromatic N) is 1. The van der Waals surface area contributed by atoms with Gasteiger partial charge in [-0.2, -0.15) is 5.10 Å². The first-order chi connectivity index (χ1) is 11.1. The van der Waals surface area contributed by atoms with E-state index in [0.717, 1.165) is 10.0 Å². The summed E-state index contributed by atoms with van der Waals surface area (Å²) in [7, 11) is 1.58. The molecule has 0 radical (unpaired) electrons. The lowest BCUT2D eigenvalue weighted by molar-refractivity contribution is 0.0955. The van der Waals surface area contributed by atoms with Crippen molar-refractivity contribution in [1.29, 1.82) is 0 Å². The highest BCUT2D eigenvalue weighted by Crippen LogP contribution is 2.21. The van der Waals surface area contributed by atoms with Gasteiger partial charge in [-0.15, -0.1) is 0 Å². The predicted octanol–water partition coefficient (Wildman–Crippen LogP) is 3.62. The van der Waals surface area contributed by atoms with Gasteiger partial charge in [0, 0.05) is 15.6 Å². The van der Waals surface area contributed by atoms with E-state index in [9.17, 15) is 4.79 Å². The summed E-state index contributed by atoms with van der Waals surface area (Å²) in [6, 6.07) is 12.4. The average Bonchev–Trinajstić information content (AvgIpc) is 2.57. The number of amides is 1. The molecule has 0 aliphatic heterocycles. The molecule has 0 bridgehead atoms. The molecule has 0 heterocycles. The van der Waals surface area contributed by atoms with Crippen molar-refractivity contribution in [3.63, 3.8) is 0 Å². The molecule has 0 saturated carbocycles. The van der Waals surface area contributed by atoms with Crippen LogP contribution in [0.1, 0.15) is 22.8 Å². The second-order valence-electron chi connectivity index (χ2n) is 4.54. The lowest BCUT2D eigenvalue weighted by Crippen LogP contribution is -2.17. The second-order valence-corrected chi connectivity index (χ2v) is 5.46. The van der Waals surface area contributed by atoms with Gasteiger partial charge < -0.3 is 9.47 Å². The first-order valence-corrected chi connectivity index (χ1v) is 7.83. The lowest BCUT2D eigenvalue weighted by atomic mass is 10.2. The summed E-state index contributed by atoms with van der Waals surface area (Å²) >= 11 is 3.40. The Morgan fingerprint density at radius 3 is 2.65 bits per heavy atom. The average molecular weight is 377 g/mol. The highest BCUT2D eigenvalue weighted by molar-refractivity contribution is 9.10. The van der Waals surface area contributed by atoms with Crippen LogP contribution in [0.25, 0.3) is 0 Å². The van der Waals surface area contributed by atoms with Crippen molar-refractivity contribution in [3.8, 4) is 11.5 Å². The number of hydrogen-bond donors (Lipinski definition) is 1. The molecular weight excluding hydrogens is 360 g/mol. The Bertz CT molecular complexity index is 699. The summed E-state index contributed by atoms with van der Waals surface area (Å²) < 4.78 is 11.5. The number of halogens is 1. The van der Waals surface area contributed by atoms with Gasteiger partial charge in [0.25, 0.3) is 5.91 Å². The highest BCUT2D eigenvalue weighted by atomic mass is 79.9. The number of nitrogens with one attached hydrogen (secondary N) is 1. The largest absolute Gasteiger partial charge is 0.497 e. The van der Waals surface area contributed by atoms with E-state index in [4.69, 9.17) is 9.47 Å². The van der Waals surface area contributed by atoms with E-state index in [-0.39, 0.29) is 5.91 Å². The van der Waals surface area contributed by atoms with Crippen LogP contribution in [0.2, 0.25) is 0 Å². The standard InChI is InChI=1S/C17H17BrN2O3/c1-3-23-16-9-6-14(18)10-13(16)11-19-20-17(21)12-4-7-15(22-2)8-5-12/h4-11H,3H2,1-2H3,(H,20,21)/b19-11-. The number of carbonyl (C=O) groups excluding carboxylic acids is 1. The van der Waals surface area contributed by atoms with Crippen LogP contribution in [-0.4, -0.2) is 25.8 Å². The highest BCUT2D eigenvalue weighted by Gasteiger charge is 2.05. The number of rotatable bonds is 6. The SMILES string of the molecule is CCOc1ccc(Br)cc1/C=N\NC(=O)c1ccc(OC)cc1. The second kappa shape index (κ2) is 8.33.